The van der Waals surface area contributed by atoms with Gasteiger partial charge in [-0.25, -0.2) is 4.98 Å². The summed E-state index contributed by atoms with van der Waals surface area (Å²) in [5.74, 6) is 1.61. The first-order chi connectivity index (χ1) is 7.59. The third kappa shape index (κ3) is 1.93. The van der Waals surface area contributed by atoms with Crippen LogP contribution in [0.5, 0.6) is 0 Å². The van der Waals surface area contributed by atoms with Gasteiger partial charge in [0, 0.05) is 17.1 Å². The molecule has 0 fully saturated rings. The maximum Gasteiger partial charge on any atom is 0.173 e. The molecule has 0 saturated heterocycles. The molecule has 0 aliphatic heterocycles. The Bertz CT molecular complexity index is 511. The normalized spacial score (nSPS) is 10.7. The number of ketones is 1. The lowest BCUT2D eigenvalue weighted by Crippen LogP contribution is -2.05. The van der Waals surface area contributed by atoms with Crippen molar-refractivity contribution in [2.24, 2.45) is 0 Å². The zero-order chi connectivity index (χ0) is 11.7. The average Bonchev–Trinajstić information content (AvgIpc) is 2.77. The predicted molar refractivity (Wildman–Crippen MR) is 63.1 cm³/mol. The minimum Gasteiger partial charge on any atom is -0.466 e. The van der Waals surface area contributed by atoms with Gasteiger partial charge in [0.25, 0.3) is 0 Å². The fourth-order valence-electron chi connectivity index (χ4n) is 1.77. The number of aryl methyl sites for hydroxylation is 2. The van der Waals surface area contributed by atoms with Gasteiger partial charge in [-0.3, -0.25) is 4.79 Å². The molecular formula is C12H13NO2S. The van der Waals surface area contributed by atoms with Gasteiger partial charge in [0.2, 0.25) is 0 Å². The molecular weight excluding hydrogens is 222 g/mol. The maximum absolute atomic E-state index is 12.1. The lowest BCUT2D eigenvalue weighted by Gasteiger charge is -1.98. The Morgan fingerprint density at radius 3 is 2.62 bits per heavy atom. The molecule has 0 amide bonds. The van der Waals surface area contributed by atoms with E-state index >= 15 is 0 Å². The highest BCUT2D eigenvalue weighted by Crippen LogP contribution is 2.22. The Balaban J connectivity index is 2.27. The van der Waals surface area contributed by atoms with Gasteiger partial charge in [-0.2, -0.15) is 0 Å². The number of furan rings is 1. The summed E-state index contributed by atoms with van der Waals surface area (Å²) in [6, 6.07) is 0. The van der Waals surface area contributed by atoms with Crippen LogP contribution < -0.4 is 0 Å². The van der Waals surface area contributed by atoms with Crippen molar-refractivity contribution in [3.63, 3.8) is 0 Å². The Morgan fingerprint density at radius 1 is 1.38 bits per heavy atom. The summed E-state index contributed by atoms with van der Waals surface area (Å²) in [6.45, 7) is 5.62. The first kappa shape index (κ1) is 11.1. The van der Waals surface area contributed by atoms with Crippen LogP contribution in [0.1, 0.15) is 32.4 Å². The standard InChI is InChI=1S/C12H13NO2S/c1-7-8(2)15-9(3)12(7)10(14)6-11-13-4-5-16-11/h4-5H,6H2,1-3H3. The van der Waals surface area contributed by atoms with E-state index in [1.165, 1.54) is 11.3 Å². The maximum atomic E-state index is 12.1. The third-order valence-corrected chi connectivity index (χ3v) is 3.42. The van der Waals surface area contributed by atoms with Gasteiger partial charge in [0.05, 0.1) is 12.0 Å². The molecule has 0 unspecified atom stereocenters. The number of hydrogen-bond donors (Lipinski definition) is 0. The molecule has 0 atom stereocenters. The highest BCUT2D eigenvalue weighted by Gasteiger charge is 2.19. The summed E-state index contributed by atoms with van der Waals surface area (Å²) >= 11 is 1.50. The molecule has 3 nitrogen and oxygen atoms in total. The molecule has 2 aromatic rings. The van der Waals surface area contributed by atoms with Crippen molar-refractivity contribution in [2.75, 3.05) is 0 Å². The summed E-state index contributed by atoms with van der Waals surface area (Å²) in [4.78, 5) is 16.2. The number of hydrogen-bond acceptors (Lipinski definition) is 4. The lowest BCUT2D eigenvalue weighted by molar-refractivity contribution is 0.0991. The number of thiazole rings is 1. The van der Waals surface area contributed by atoms with Gasteiger partial charge in [0.1, 0.15) is 16.5 Å². The Labute approximate surface area is 98.1 Å². The average molecular weight is 235 g/mol. The quantitative estimate of drug-likeness (QED) is 0.768. The van der Waals surface area contributed by atoms with Crippen LogP contribution in [0, 0.1) is 20.8 Å². The van der Waals surface area contributed by atoms with Crippen LogP contribution in [-0.4, -0.2) is 10.8 Å². The number of Topliss-reactive ketones (excluding diaryl/α,β-unsaturated/α-hetero) is 1. The summed E-state index contributed by atoms with van der Waals surface area (Å²) in [6.07, 6.45) is 2.08. The number of carbonyl (C=O) groups is 1. The zero-order valence-electron chi connectivity index (χ0n) is 9.53. The van der Waals surface area contributed by atoms with Gasteiger partial charge >= 0.3 is 0 Å². The van der Waals surface area contributed by atoms with Crippen molar-refractivity contribution >= 4 is 17.1 Å². The van der Waals surface area contributed by atoms with Crippen molar-refractivity contribution < 1.29 is 9.21 Å². The second-order valence-corrected chi connectivity index (χ2v) is 4.72. The minimum absolute atomic E-state index is 0.0850. The van der Waals surface area contributed by atoms with E-state index in [0.29, 0.717) is 17.7 Å². The van der Waals surface area contributed by atoms with Crippen molar-refractivity contribution in [3.8, 4) is 0 Å². The molecule has 2 aromatic heterocycles. The van der Waals surface area contributed by atoms with Gasteiger partial charge < -0.3 is 4.42 Å². The van der Waals surface area contributed by atoms with Crippen molar-refractivity contribution in [1.82, 2.24) is 4.98 Å². The van der Waals surface area contributed by atoms with Gasteiger partial charge in [-0.15, -0.1) is 11.3 Å². The molecule has 84 valence electrons. The summed E-state index contributed by atoms with van der Waals surface area (Å²) < 4.78 is 5.45. The molecule has 4 heteroatoms. The van der Waals surface area contributed by atoms with Crippen LogP contribution >= 0.6 is 11.3 Å². The highest BCUT2D eigenvalue weighted by molar-refractivity contribution is 7.09. The van der Waals surface area contributed by atoms with Crippen molar-refractivity contribution in [3.05, 3.63) is 39.2 Å². The molecule has 0 radical (unpaired) electrons. The molecule has 0 bridgehead atoms. The molecule has 0 saturated carbocycles. The monoisotopic (exact) mass is 235 g/mol. The van der Waals surface area contributed by atoms with Crippen LogP contribution in [0.2, 0.25) is 0 Å². The van der Waals surface area contributed by atoms with Crippen LogP contribution in [0.3, 0.4) is 0 Å². The van der Waals surface area contributed by atoms with E-state index in [0.717, 1.165) is 16.3 Å². The topological polar surface area (TPSA) is 43.1 Å². The Hall–Kier alpha value is -1.42. The Kier molecular flexibility index (Phi) is 2.92. The fraction of sp³-hybridized carbons (Fsp3) is 0.333. The van der Waals surface area contributed by atoms with Crippen LogP contribution in [0.4, 0.5) is 0 Å². The van der Waals surface area contributed by atoms with E-state index in [2.05, 4.69) is 4.98 Å². The molecule has 2 heterocycles. The van der Waals surface area contributed by atoms with E-state index in [1.54, 1.807) is 6.20 Å². The van der Waals surface area contributed by atoms with Crippen LogP contribution in [0.25, 0.3) is 0 Å². The number of aromatic nitrogens is 1. The van der Waals surface area contributed by atoms with E-state index in [-0.39, 0.29) is 5.78 Å². The second-order valence-electron chi connectivity index (χ2n) is 3.74. The van der Waals surface area contributed by atoms with Gasteiger partial charge in [-0.05, 0) is 20.8 Å². The smallest absolute Gasteiger partial charge is 0.173 e. The first-order valence-electron chi connectivity index (χ1n) is 5.07. The predicted octanol–water partition coefficient (Wildman–Crippen LogP) is 3.09. The zero-order valence-corrected chi connectivity index (χ0v) is 10.4. The molecule has 2 rings (SSSR count). The molecule has 0 spiro atoms. The molecule has 16 heavy (non-hydrogen) atoms. The number of nitrogens with zero attached hydrogens (tertiary/aromatic N) is 1. The van der Waals surface area contributed by atoms with E-state index in [9.17, 15) is 4.79 Å². The summed E-state index contributed by atoms with van der Waals surface area (Å²) in [7, 11) is 0. The van der Waals surface area contributed by atoms with Gasteiger partial charge in [0.15, 0.2) is 5.78 Å². The van der Waals surface area contributed by atoms with Gasteiger partial charge in [-0.1, -0.05) is 0 Å². The molecule has 0 aliphatic rings. The molecule has 0 N–H and O–H groups in total. The molecule has 0 aromatic carbocycles. The number of carbonyl (C=O) groups excluding carboxylic acids is 1. The SMILES string of the molecule is Cc1oc(C)c(C(=O)Cc2nccs2)c1C. The summed E-state index contributed by atoms with van der Waals surface area (Å²) in [5, 5.41) is 2.73. The minimum atomic E-state index is 0.0850. The van der Waals surface area contributed by atoms with E-state index in [4.69, 9.17) is 4.42 Å². The Morgan fingerprint density at radius 2 is 2.12 bits per heavy atom. The van der Waals surface area contributed by atoms with Crippen molar-refractivity contribution in [1.29, 1.82) is 0 Å². The van der Waals surface area contributed by atoms with Crippen LogP contribution in [-0.2, 0) is 6.42 Å². The van der Waals surface area contributed by atoms with E-state index in [1.807, 2.05) is 26.2 Å². The van der Waals surface area contributed by atoms with E-state index < -0.39 is 0 Å². The highest BCUT2D eigenvalue weighted by atomic mass is 32.1. The molecule has 0 aliphatic carbocycles. The second kappa shape index (κ2) is 4.22. The third-order valence-electron chi connectivity index (χ3n) is 2.64. The van der Waals surface area contributed by atoms with Crippen molar-refractivity contribution in [2.45, 2.75) is 27.2 Å². The fourth-order valence-corrected chi connectivity index (χ4v) is 2.38. The number of rotatable bonds is 3. The first-order valence-corrected chi connectivity index (χ1v) is 5.95. The summed E-state index contributed by atoms with van der Waals surface area (Å²) in [5.41, 5.74) is 1.66. The lowest BCUT2D eigenvalue weighted by atomic mass is 10.0. The van der Waals surface area contributed by atoms with Crippen LogP contribution in [0.15, 0.2) is 16.0 Å². The largest absolute Gasteiger partial charge is 0.466 e.